The lowest BCUT2D eigenvalue weighted by Crippen LogP contribution is -2.07. The molecular formula is C27H24N4O5. The molecule has 36 heavy (non-hydrogen) atoms. The average Bonchev–Trinajstić information content (AvgIpc) is 3.49. The maximum Gasteiger partial charge on any atom is 0.337 e. The Kier molecular flexibility index (Phi) is 6.22. The molecule has 5 aromatic rings. The van der Waals surface area contributed by atoms with Crippen LogP contribution in [0.3, 0.4) is 0 Å². The molecule has 182 valence electrons. The quantitative estimate of drug-likeness (QED) is 0.127. The number of hydrogen-bond acceptors (Lipinski definition) is 6. The highest BCUT2D eigenvalue weighted by molar-refractivity contribution is 5.95. The molecule has 0 aliphatic heterocycles. The number of nitro benzene ring substituents is 1. The molecule has 0 aliphatic carbocycles. The summed E-state index contributed by atoms with van der Waals surface area (Å²) in [6.07, 6.45) is 2.55. The van der Waals surface area contributed by atoms with Crippen LogP contribution in [0.15, 0.2) is 72.9 Å². The van der Waals surface area contributed by atoms with Crippen molar-refractivity contribution in [2.45, 2.75) is 13.0 Å². The standard InChI is InChI=1S/C27H24N4O5/c1-35-16-6-14-30-23-12-11-19(27(32)36-2)17-21(23)28-26(30)20-8-5-10-24(31(33)34)25(20)29-15-13-18-7-3-4-9-22(18)29/h3-5,7-13,15,17H,6,14,16H2,1-2H3. The predicted octanol–water partition coefficient (Wildman–Crippen LogP) is 5.38. The predicted molar refractivity (Wildman–Crippen MR) is 136 cm³/mol. The fourth-order valence-electron chi connectivity index (χ4n) is 4.56. The SMILES string of the molecule is COCCCn1c(-c2cccc([N+](=O)[O-])c2-n2ccc3ccccc32)nc2cc(C(=O)OC)ccc21. The van der Waals surface area contributed by atoms with Crippen LogP contribution in [0.4, 0.5) is 5.69 Å². The van der Waals surface area contributed by atoms with Crippen LogP contribution >= 0.6 is 0 Å². The van der Waals surface area contributed by atoms with Crippen molar-refractivity contribution in [3.05, 3.63) is 88.6 Å². The van der Waals surface area contributed by atoms with Crippen LogP contribution < -0.4 is 0 Å². The van der Waals surface area contributed by atoms with Crippen LogP contribution in [-0.2, 0) is 16.0 Å². The van der Waals surface area contributed by atoms with Gasteiger partial charge >= 0.3 is 5.97 Å². The van der Waals surface area contributed by atoms with Crippen LogP contribution in [0.1, 0.15) is 16.8 Å². The van der Waals surface area contributed by atoms with Gasteiger partial charge in [-0.1, -0.05) is 24.3 Å². The fraction of sp³-hybridized carbons (Fsp3) is 0.185. The molecule has 0 radical (unpaired) electrons. The minimum atomic E-state index is -0.456. The van der Waals surface area contributed by atoms with E-state index in [1.165, 1.54) is 13.2 Å². The molecule has 9 heteroatoms. The van der Waals surface area contributed by atoms with Crippen LogP contribution in [0.25, 0.3) is 39.0 Å². The summed E-state index contributed by atoms with van der Waals surface area (Å²) in [4.78, 5) is 28.8. The first-order valence-electron chi connectivity index (χ1n) is 11.4. The number of ether oxygens (including phenoxy) is 2. The van der Waals surface area contributed by atoms with E-state index in [-0.39, 0.29) is 10.6 Å². The highest BCUT2D eigenvalue weighted by Crippen LogP contribution is 2.37. The van der Waals surface area contributed by atoms with Crippen molar-refractivity contribution >= 4 is 33.6 Å². The number of carbonyl (C=O) groups is 1. The molecule has 9 nitrogen and oxygen atoms in total. The largest absolute Gasteiger partial charge is 0.465 e. The summed E-state index contributed by atoms with van der Waals surface area (Å²) >= 11 is 0. The summed E-state index contributed by atoms with van der Waals surface area (Å²) in [6, 6.07) is 19.9. The van der Waals surface area contributed by atoms with Gasteiger partial charge in [-0.25, -0.2) is 9.78 Å². The number of carbonyl (C=O) groups excluding carboxylic acids is 1. The number of esters is 1. The van der Waals surface area contributed by atoms with Gasteiger partial charge in [0.25, 0.3) is 5.69 Å². The van der Waals surface area contributed by atoms with E-state index in [2.05, 4.69) is 0 Å². The second kappa shape index (κ2) is 9.63. The third-order valence-corrected chi connectivity index (χ3v) is 6.19. The van der Waals surface area contributed by atoms with Gasteiger partial charge in [0.2, 0.25) is 0 Å². The Morgan fingerprint density at radius 1 is 1.03 bits per heavy atom. The van der Waals surface area contributed by atoms with Crippen molar-refractivity contribution in [3.63, 3.8) is 0 Å². The summed E-state index contributed by atoms with van der Waals surface area (Å²) in [7, 11) is 2.98. The third kappa shape index (κ3) is 3.99. The van der Waals surface area contributed by atoms with Crippen LogP contribution in [-0.4, -0.2) is 45.8 Å². The normalized spacial score (nSPS) is 11.3. The smallest absolute Gasteiger partial charge is 0.337 e. The molecule has 0 amide bonds. The molecular weight excluding hydrogens is 460 g/mol. The van der Waals surface area contributed by atoms with Gasteiger partial charge in [-0.15, -0.1) is 0 Å². The van der Waals surface area contributed by atoms with Gasteiger partial charge in [-0.3, -0.25) is 10.1 Å². The Bertz CT molecular complexity index is 1600. The maximum atomic E-state index is 12.2. The zero-order valence-electron chi connectivity index (χ0n) is 19.9. The minimum Gasteiger partial charge on any atom is -0.465 e. The summed E-state index contributed by atoms with van der Waals surface area (Å²) < 4.78 is 14.0. The number of hydrogen-bond donors (Lipinski definition) is 0. The molecule has 0 bridgehead atoms. The van der Waals surface area contributed by atoms with Crippen molar-refractivity contribution in [3.8, 4) is 17.1 Å². The molecule has 0 unspecified atom stereocenters. The zero-order valence-corrected chi connectivity index (χ0v) is 19.9. The topological polar surface area (TPSA) is 101 Å². The number of para-hydroxylation sites is 2. The van der Waals surface area contributed by atoms with Crippen molar-refractivity contribution in [1.29, 1.82) is 0 Å². The van der Waals surface area contributed by atoms with Gasteiger partial charge in [0.1, 0.15) is 11.5 Å². The monoisotopic (exact) mass is 484 g/mol. The molecule has 0 saturated heterocycles. The van der Waals surface area contributed by atoms with E-state index in [4.69, 9.17) is 14.5 Å². The fourth-order valence-corrected chi connectivity index (χ4v) is 4.56. The molecule has 0 saturated carbocycles. The average molecular weight is 485 g/mol. The van der Waals surface area contributed by atoms with Gasteiger partial charge in [0, 0.05) is 38.1 Å². The van der Waals surface area contributed by atoms with E-state index < -0.39 is 5.97 Å². The number of methoxy groups -OCH3 is 2. The Hall–Kier alpha value is -4.50. The minimum absolute atomic E-state index is 0.0281. The van der Waals surface area contributed by atoms with Gasteiger partial charge in [-0.2, -0.15) is 0 Å². The molecule has 3 aromatic carbocycles. The Morgan fingerprint density at radius 2 is 1.86 bits per heavy atom. The van der Waals surface area contributed by atoms with E-state index in [0.29, 0.717) is 47.7 Å². The number of nitro groups is 1. The summed E-state index contributed by atoms with van der Waals surface area (Å²) in [5.41, 5.74) is 3.65. The van der Waals surface area contributed by atoms with Crippen LogP contribution in [0.5, 0.6) is 0 Å². The molecule has 0 atom stereocenters. The first kappa shape index (κ1) is 23.3. The van der Waals surface area contributed by atoms with Crippen LogP contribution in [0, 0.1) is 10.1 Å². The lowest BCUT2D eigenvalue weighted by atomic mass is 10.1. The molecule has 2 aromatic heterocycles. The van der Waals surface area contributed by atoms with Gasteiger partial charge in [-0.05, 0) is 48.2 Å². The van der Waals surface area contributed by atoms with Gasteiger partial charge in [0.05, 0.1) is 34.1 Å². The first-order valence-corrected chi connectivity index (χ1v) is 11.4. The molecule has 0 aliphatic rings. The van der Waals surface area contributed by atoms with Gasteiger partial charge < -0.3 is 18.6 Å². The van der Waals surface area contributed by atoms with E-state index in [0.717, 1.165) is 16.4 Å². The lowest BCUT2D eigenvalue weighted by molar-refractivity contribution is -0.384. The number of fused-ring (bicyclic) bond motifs is 2. The molecule has 0 N–H and O–H groups in total. The van der Waals surface area contributed by atoms with E-state index in [1.807, 2.05) is 57.8 Å². The number of rotatable bonds is 8. The number of imidazole rings is 1. The Balaban J connectivity index is 1.79. The summed E-state index contributed by atoms with van der Waals surface area (Å²) in [5, 5.41) is 13.1. The number of benzene rings is 3. The zero-order chi connectivity index (χ0) is 25.2. The van der Waals surface area contributed by atoms with E-state index >= 15 is 0 Å². The molecule has 2 heterocycles. The molecule has 0 fully saturated rings. The Morgan fingerprint density at radius 3 is 2.64 bits per heavy atom. The number of aromatic nitrogens is 3. The van der Waals surface area contributed by atoms with Crippen molar-refractivity contribution < 1.29 is 19.2 Å². The van der Waals surface area contributed by atoms with Gasteiger partial charge in [0.15, 0.2) is 0 Å². The van der Waals surface area contributed by atoms with E-state index in [1.54, 1.807) is 25.3 Å². The lowest BCUT2D eigenvalue weighted by Gasteiger charge is -2.14. The maximum absolute atomic E-state index is 12.2. The van der Waals surface area contributed by atoms with Crippen molar-refractivity contribution in [2.75, 3.05) is 20.8 Å². The number of aryl methyl sites for hydroxylation is 1. The van der Waals surface area contributed by atoms with Crippen molar-refractivity contribution in [2.24, 2.45) is 0 Å². The molecule has 0 spiro atoms. The third-order valence-electron chi connectivity index (χ3n) is 6.19. The first-order chi connectivity index (χ1) is 17.5. The highest BCUT2D eigenvalue weighted by Gasteiger charge is 2.25. The van der Waals surface area contributed by atoms with E-state index in [9.17, 15) is 14.9 Å². The second-order valence-electron chi connectivity index (χ2n) is 8.30. The number of nitrogens with zero attached hydrogens (tertiary/aromatic N) is 4. The summed E-state index contributed by atoms with van der Waals surface area (Å²) in [6.45, 7) is 1.12. The van der Waals surface area contributed by atoms with Crippen LogP contribution in [0.2, 0.25) is 0 Å². The molecule has 5 rings (SSSR count). The van der Waals surface area contributed by atoms with Crippen molar-refractivity contribution in [1.82, 2.24) is 14.1 Å². The summed E-state index contributed by atoms with van der Waals surface area (Å²) in [5.74, 6) is 0.113. The Labute approximate surface area is 206 Å². The highest BCUT2D eigenvalue weighted by atomic mass is 16.6. The second-order valence-corrected chi connectivity index (χ2v) is 8.30.